The minimum atomic E-state index is -0.473. The molecule has 0 saturated carbocycles. The van der Waals surface area contributed by atoms with Gasteiger partial charge in [-0.1, -0.05) is 6.07 Å². The van der Waals surface area contributed by atoms with Gasteiger partial charge in [0, 0.05) is 36.9 Å². The van der Waals surface area contributed by atoms with Crippen LogP contribution in [0.15, 0.2) is 65.7 Å². The van der Waals surface area contributed by atoms with Crippen LogP contribution in [0.4, 0.5) is 17.1 Å². The molecule has 1 fully saturated rings. The molecule has 3 N–H and O–H groups in total. The first kappa shape index (κ1) is 19.7. The van der Waals surface area contributed by atoms with Gasteiger partial charge < -0.3 is 25.3 Å². The van der Waals surface area contributed by atoms with Gasteiger partial charge in [-0.2, -0.15) is 0 Å². The molecular weight excluding hydrogens is 382 g/mol. The number of hydrogen-bond acceptors (Lipinski definition) is 6. The number of carbonyl (C=O) groups excluding carboxylic acids is 1. The Morgan fingerprint density at radius 1 is 1.10 bits per heavy atom. The number of rotatable bonds is 6. The molecule has 1 aliphatic rings. The molecule has 1 aliphatic heterocycles. The molecule has 1 amide bonds. The molecule has 8 nitrogen and oxygen atoms in total. The van der Waals surface area contributed by atoms with E-state index in [2.05, 4.69) is 25.5 Å². The summed E-state index contributed by atoms with van der Waals surface area (Å²) in [6.45, 7) is 3.51. The summed E-state index contributed by atoms with van der Waals surface area (Å²) in [5, 5.41) is 5.94. The lowest BCUT2D eigenvalue weighted by atomic mass is 10.2. The zero-order chi connectivity index (χ0) is 20.8. The molecule has 3 aromatic rings. The highest BCUT2D eigenvalue weighted by Crippen LogP contribution is 2.20. The van der Waals surface area contributed by atoms with Crippen molar-refractivity contribution in [2.45, 2.75) is 6.54 Å². The summed E-state index contributed by atoms with van der Waals surface area (Å²) in [5.74, 6) is -0.473. The second kappa shape index (κ2) is 9.23. The van der Waals surface area contributed by atoms with Gasteiger partial charge in [-0.05, 0) is 42.5 Å². The van der Waals surface area contributed by atoms with Gasteiger partial charge in [0.1, 0.15) is 5.56 Å². The van der Waals surface area contributed by atoms with Crippen LogP contribution < -0.4 is 21.1 Å². The molecule has 3 heterocycles. The van der Waals surface area contributed by atoms with Gasteiger partial charge in [-0.25, -0.2) is 0 Å². The number of ether oxygens (including phenoxy) is 1. The minimum absolute atomic E-state index is 0.0330. The number of nitrogens with zero attached hydrogens (tertiary/aromatic N) is 2. The van der Waals surface area contributed by atoms with E-state index in [-0.39, 0.29) is 5.56 Å². The van der Waals surface area contributed by atoms with E-state index in [1.165, 1.54) is 6.20 Å². The van der Waals surface area contributed by atoms with Crippen molar-refractivity contribution in [3.05, 3.63) is 82.5 Å². The maximum atomic E-state index is 12.8. The normalized spacial score (nSPS) is 13.7. The van der Waals surface area contributed by atoms with E-state index in [0.717, 1.165) is 24.5 Å². The summed E-state index contributed by atoms with van der Waals surface area (Å²) in [5.41, 5.74) is 2.53. The van der Waals surface area contributed by atoms with Gasteiger partial charge in [-0.3, -0.25) is 14.6 Å². The van der Waals surface area contributed by atoms with Crippen molar-refractivity contribution in [1.29, 1.82) is 0 Å². The second-order valence-corrected chi connectivity index (χ2v) is 6.87. The lowest BCUT2D eigenvalue weighted by Gasteiger charge is -2.28. The zero-order valence-corrected chi connectivity index (χ0v) is 16.4. The molecule has 0 unspecified atom stereocenters. The van der Waals surface area contributed by atoms with Crippen molar-refractivity contribution in [2.75, 3.05) is 41.8 Å². The van der Waals surface area contributed by atoms with Gasteiger partial charge in [0.15, 0.2) is 0 Å². The summed E-state index contributed by atoms with van der Waals surface area (Å²) in [4.78, 5) is 34.2. The molecule has 1 aromatic carbocycles. The Hall–Kier alpha value is -3.65. The molecule has 154 valence electrons. The van der Waals surface area contributed by atoms with Crippen LogP contribution in [0.2, 0.25) is 0 Å². The van der Waals surface area contributed by atoms with Crippen LogP contribution in [0.1, 0.15) is 16.1 Å². The Morgan fingerprint density at radius 2 is 1.90 bits per heavy atom. The van der Waals surface area contributed by atoms with Crippen LogP contribution in [0.3, 0.4) is 0 Å². The van der Waals surface area contributed by atoms with Crippen molar-refractivity contribution in [2.24, 2.45) is 0 Å². The molecular formula is C22H23N5O3. The molecule has 30 heavy (non-hydrogen) atoms. The molecule has 0 bridgehead atoms. The first-order valence-electron chi connectivity index (χ1n) is 9.80. The van der Waals surface area contributed by atoms with Gasteiger partial charge in [0.05, 0.1) is 31.1 Å². The lowest BCUT2D eigenvalue weighted by molar-refractivity contribution is 0.102. The van der Waals surface area contributed by atoms with E-state index >= 15 is 0 Å². The highest BCUT2D eigenvalue weighted by Gasteiger charge is 2.17. The Morgan fingerprint density at radius 3 is 2.63 bits per heavy atom. The minimum Gasteiger partial charge on any atom is -0.379 e. The monoisotopic (exact) mass is 405 g/mol. The molecule has 0 aliphatic carbocycles. The fraction of sp³-hybridized carbons (Fsp3) is 0.227. The molecule has 0 radical (unpaired) electrons. The number of H-pyrrole nitrogens is 1. The first-order valence-corrected chi connectivity index (χ1v) is 9.80. The molecule has 4 rings (SSSR count). The summed E-state index contributed by atoms with van der Waals surface area (Å²) < 4.78 is 5.38. The van der Waals surface area contributed by atoms with Crippen LogP contribution in [-0.4, -0.2) is 42.2 Å². The van der Waals surface area contributed by atoms with Crippen LogP contribution in [-0.2, 0) is 11.3 Å². The van der Waals surface area contributed by atoms with E-state index in [1.807, 2.05) is 42.5 Å². The number of morpholine rings is 1. The highest BCUT2D eigenvalue weighted by molar-refractivity contribution is 6.07. The summed E-state index contributed by atoms with van der Waals surface area (Å²) >= 11 is 0. The molecule has 8 heteroatoms. The quantitative estimate of drug-likeness (QED) is 0.583. The van der Waals surface area contributed by atoms with Crippen LogP contribution in [0.25, 0.3) is 0 Å². The number of aromatic amines is 1. The van der Waals surface area contributed by atoms with Crippen LogP contribution in [0.5, 0.6) is 0 Å². The van der Waals surface area contributed by atoms with Crippen molar-refractivity contribution in [3.8, 4) is 0 Å². The predicted molar refractivity (Wildman–Crippen MR) is 116 cm³/mol. The molecule has 2 aromatic heterocycles. The van der Waals surface area contributed by atoms with Crippen molar-refractivity contribution >= 4 is 23.0 Å². The average molecular weight is 405 g/mol. The Balaban J connectivity index is 1.47. The summed E-state index contributed by atoms with van der Waals surface area (Å²) in [6.07, 6.45) is 3.21. The van der Waals surface area contributed by atoms with Crippen LogP contribution in [0, 0.1) is 0 Å². The Kier molecular flexibility index (Phi) is 6.05. The predicted octanol–water partition coefficient (Wildman–Crippen LogP) is 2.47. The number of hydrogen-bond donors (Lipinski definition) is 3. The third-order valence-corrected chi connectivity index (χ3v) is 4.88. The maximum absolute atomic E-state index is 12.8. The largest absolute Gasteiger partial charge is 0.379 e. The zero-order valence-electron chi connectivity index (χ0n) is 16.4. The van der Waals surface area contributed by atoms with Gasteiger partial charge in [-0.15, -0.1) is 0 Å². The number of benzene rings is 1. The topological polar surface area (TPSA) is 99.3 Å². The Bertz CT molecular complexity index is 1040. The molecule has 1 saturated heterocycles. The summed E-state index contributed by atoms with van der Waals surface area (Å²) in [7, 11) is 0. The average Bonchev–Trinajstić information content (AvgIpc) is 2.79. The number of aromatic nitrogens is 2. The lowest BCUT2D eigenvalue weighted by Crippen LogP contribution is -2.36. The van der Waals surface area contributed by atoms with Crippen LogP contribution >= 0.6 is 0 Å². The SMILES string of the molecule is O=C(Nc1ccc(N2CCOCC2)cc1)c1c(NCc2ccccn2)cc[nH]c1=O. The number of carbonyl (C=O) groups is 1. The van der Waals surface area contributed by atoms with E-state index in [4.69, 9.17) is 4.74 Å². The smallest absolute Gasteiger partial charge is 0.263 e. The van der Waals surface area contributed by atoms with Crippen molar-refractivity contribution in [1.82, 2.24) is 9.97 Å². The highest BCUT2D eigenvalue weighted by atomic mass is 16.5. The molecule has 0 atom stereocenters. The number of nitrogens with one attached hydrogen (secondary N) is 3. The van der Waals surface area contributed by atoms with E-state index < -0.39 is 11.5 Å². The fourth-order valence-electron chi connectivity index (χ4n) is 3.31. The number of pyridine rings is 2. The fourth-order valence-corrected chi connectivity index (χ4v) is 3.31. The first-order chi connectivity index (χ1) is 14.7. The second-order valence-electron chi connectivity index (χ2n) is 6.87. The van der Waals surface area contributed by atoms with E-state index in [1.54, 1.807) is 12.3 Å². The van der Waals surface area contributed by atoms with Gasteiger partial charge >= 0.3 is 0 Å². The third kappa shape index (κ3) is 4.66. The van der Waals surface area contributed by atoms with E-state index in [9.17, 15) is 9.59 Å². The van der Waals surface area contributed by atoms with Gasteiger partial charge in [0.2, 0.25) is 0 Å². The number of amides is 1. The number of anilines is 3. The third-order valence-electron chi connectivity index (χ3n) is 4.88. The molecule has 0 spiro atoms. The van der Waals surface area contributed by atoms with Crippen molar-refractivity contribution < 1.29 is 9.53 Å². The van der Waals surface area contributed by atoms with Gasteiger partial charge in [0.25, 0.3) is 11.5 Å². The van der Waals surface area contributed by atoms with E-state index in [0.29, 0.717) is 31.1 Å². The maximum Gasteiger partial charge on any atom is 0.263 e. The Labute approximate surface area is 173 Å². The van der Waals surface area contributed by atoms with Crippen molar-refractivity contribution in [3.63, 3.8) is 0 Å². The summed E-state index contributed by atoms with van der Waals surface area (Å²) in [6, 6.07) is 14.8. The standard InChI is InChI=1S/C22H23N5O3/c28-21-20(19(8-10-24-21)25-15-17-3-1-2-9-23-17)22(29)26-16-4-6-18(7-5-16)27-11-13-30-14-12-27/h1-10H,11-15H2,(H,26,29)(H2,24,25,28).